The highest BCUT2D eigenvalue weighted by Crippen LogP contribution is 2.21. The molecule has 0 saturated carbocycles. The summed E-state index contributed by atoms with van der Waals surface area (Å²) in [5.74, 6) is 0. The molecule has 130 valence electrons. The maximum atomic E-state index is 12.5. The molecule has 25 heavy (non-hydrogen) atoms. The number of nitriles is 1. The Hall–Kier alpha value is -2.20. The fourth-order valence-corrected chi connectivity index (χ4v) is 4.48. The topological polar surface area (TPSA) is 73.2 Å². The highest BCUT2D eigenvalue weighted by Gasteiger charge is 2.26. The van der Waals surface area contributed by atoms with Gasteiger partial charge in [-0.1, -0.05) is 24.3 Å². The van der Waals surface area contributed by atoms with E-state index in [2.05, 4.69) is 11.4 Å². The van der Waals surface area contributed by atoms with Crippen molar-refractivity contribution in [2.75, 3.05) is 13.1 Å². The van der Waals surface area contributed by atoms with Gasteiger partial charge in [-0.15, -0.1) is 0 Å². The minimum Gasteiger partial charge on any atom is -0.309 e. The normalized spacial score (nSPS) is 15.2. The molecule has 1 N–H and O–H groups in total. The second-order valence-electron chi connectivity index (χ2n) is 6.17. The van der Waals surface area contributed by atoms with Gasteiger partial charge < -0.3 is 5.32 Å². The molecule has 1 aliphatic heterocycles. The standard InChI is InChI=1S/C19H21N3O2S/c20-13-17-4-3-5-18(12-17)15-21-14-16-6-8-19(9-7-16)25(23,24)22-10-1-2-11-22/h3-9,12,21H,1-2,10-11,14-15H2. The van der Waals surface area contributed by atoms with Crippen LogP contribution in [0.4, 0.5) is 0 Å². The summed E-state index contributed by atoms with van der Waals surface area (Å²) < 4.78 is 26.5. The van der Waals surface area contributed by atoms with Crippen LogP contribution in [0.1, 0.15) is 29.5 Å². The first kappa shape index (κ1) is 17.6. The van der Waals surface area contributed by atoms with Gasteiger partial charge in [-0.25, -0.2) is 8.42 Å². The Labute approximate surface area is 149 Å². The summed E-state index contributed by atoms with van der Waals surface area (Å²) in [5.41, 5.74) is 2.72. The second kappa shape index (κ2) is 7.79. The Bertz CT molecular complexity index is 864. The van der Waals surface area contributed by atoms with Crippen molar-refractivity contribution in [2.24, 2.45) is 0 Å². The maximum Gasteiger partial charge on any atom is 0.243 e. The van der Waals surface area contributed by atoms with Crippen LogP contribution in [0.5, 0.6) is 0 Å². The molecule has 0 bridgehead atoms. The maximum absolute atomic E-state index is 12.5. The smallest absolute Gasteiger partial charge is 0.243 e. The molecule has 0 unspecified atom stereocenters. The number of hydrogen-bond acceptors (Lipinski definition) is 4. The molecular formula is C19H21N3O2S. The molecule has 0 radical (unpaired) electrons. The summed E-state index contributed by atoms with van der Waals surface area (Å²) in [4.78, 5) is 0.361. The average Bonchev–Trinajstić information content (AvgIpc) is 3.18. The Morgan fingerprint density at radius 3 is 2.36 bits per heavy atom. The predicted octanol–water partition coefficient (Wildman–Crippen LogP) is 2.63. The van der Waals surface area contributed by atoms with Gasteiger partial charge in [0, 0.05) is 26.2 Å². The lowest BCUT2D eigenvalue weighted by molar-refractivity contribution is 0.477. The van der Waals surface area contributed by atoms with Crippen molar-refractivity contribution in [3.05, 3.63) is 65.2 Å². The zero-order valence-corrected chi connectivity index (χ0v) is 14.8. The van der Waals surface area contributed by atoms with Crippen LogP contribution >= 0.6 is 0 Å². The van der Waals surface area contributed by atoms with Crippen LogP contribution in [-0.4, -0.2) is 25.8 Å². The first-order valence-electron chi connectivity index (χ1n) is 8.38. The molecule has 2 aromatic rings. The van der Waals surface area contributed by atoms with Crippen molar-refractivity contribution < 1.29 is 8.42 Å². The van der Waals surface area contributed by atoms with Gasteiger partial charge in [0.05, 0.1) is 16.5 Å². The third kappa shape index (κ3) is 4.26. The molecule has 1 aliphatic rings. The molecule has 0 amide bonds. The van der Waals surface area contributed by atoms with E-state index >= 15 is 0 Å². The summed E-state index contributed by atoms with van der Waals surface area (Å²) in [6.07, 6.45) is 1.88. The lowest BCUT2D eigenvalue weighted by Crippen LogP contribution is -2.27. The van der Waals surface area contributed by atoms with Crippen molar-refractivity contribution in [1.29, 1.82) is 5.26 Å². The van der Waals surface area contributed by atoms with E-state index in [0.717, 1.165) is 24.0 Å². The van der Waals surface area contributed by atoms with Gasteiger partial charge in [0.15, 0.2) is 0 Å². The average molecular weight is 355 g/mol. The lowest BCUT2D eigenvalue weighted by Gasteiger charge is -2.15. The third-order valence-corrected chi connectivity index (χ3v) is 6.25. The molecule has 1 saturated heterocycles. The van der Waals surface area contributed by atoms with E-state index in [0.29, 0.717) is 36.6 Å². The molecule has 6 heteroatoms. The summed E-state index contributed by atoms with van der Waals surface area (Å²) in [7, 11) is -3.34. The quantitative estimate of drug-likeness (QED) is 0.864. The first-order valence-corrected chi connectivity index (χ1v) is 9.82. The van der Waals surface area contributed by atoms with Crippen LogP contribution in [0.2, 0.25) is 0 Å². The monoisotopic (exact) mass is 355 g/mol. The van der Waals surface area contributed by atoms with Gasteiger partial charge in [-0.2, -0.15) is 9.57 Å². The van der Waals surface area contributed by atoms with Crippen LogP contribution in [-0.2, 0) is 23.1 Å². The van der Waals surface area contributed by atoms with Gasteiger partial charge in [0.25, 0.3) is 0 Å². The van der Waals surface area contributed by atoms with Crippen LogP contribution < -0.4 is 5.32 Å². The fraction of sp³-hybridized carbons (Fsp3) is 0.316. The van der Waals surface area contributed by atoms with Gasteiger partial charge in [-0.3, -0.25) is 0 Å². The van der Waals surface area contributed by atoms with Crippen molar-refractivity contribution in [3.63, 3.8) is 0 Å². The SMILES string of the molecule is N#Cc1cccc(CNCc2ccc(S(=O)(=O)N3CCCC3)cc2)c1. The zero-order chi connectivity index (χ0) is 17.7. The van der Waals surface area contributed by atoms with Gasteiger partial charge in [-0.05, 0) is 48.2 Å². The number of nitrogens with zero attached hydrogens (tertiary/aromatic N) is 2. The van der Waals surface area contributed by atoms with Crippen molar-refractivity contribution in [2.45, 2.75) is 30.8 Å². The summed E-state index contributed by atoms with van der Waals surface area (Å²) >= 11 is 0. The molecule has 0 aromatic heterocycles. The van der Waals surface area contributed by atoms with Crippen molar-refractivity contribution in [1.82, 2.24) is 9.62 Å². The third-order valence-electron chi connectivity index (χ3n) is 4.34. The summed E-state index contributed by atoms with van der Waals surface area (Å²) in [5, 5.41) is 12.2. The second-order valence-corrected chi connectivity index (χ2v) is 8.11. The molecule has 0 spiro atoms. The molecule has 0 aliphatic carbocycles. The van der Waals surface area contributed by atoms with Crippen LogP contribution in [0.15, 0.2) is 53.4 Å². The van der Waals surface area contributed by atoms with Crippen LogP contribution in [0.3, 0.4) is 0 Å². The zero-order valence-electron chi connectivity index (χ0n) is 14.0. The van der Waals surface area contributed by atoms with Crippen LogP contribution in [0.25, 0.3) is 0 Å². The van der Waals surface area contributed by atoms with E-state index in [1.807, 2.05) is 30.3 Å². The number of rotatable bonds is 6. The predicted molar refractivity (Wildman–Crippen MR) is 96.1 cm³/mol. The van der Waals surface area contributed by atoms with Crippen molar-refractivity contribution in [3.8, 4) is 6.07 Å². The van der Waals surface area contributed by atoms with E-state index in [1.165, 1.54) is 0 Å². The molecule has 1 heterocycles. The Morgan fingerprint density at radius 1 is 1.00 bits per heavy atom. The van der Waals surface area contributed by atoms with Gasteiger partial charge in [0.1, 0.15) is 0 Å². The Kier molecular flexibility index (Phi) is 5.49. The molecule has 3 rings (SSSR count). The molecule has 5 nitrogen and oxygen atoms in total. The van der Waals surface area contributed by atoms with Gasteiger partial charge in [0.2, 0.25) is 10.0 Å². The van der Waals surface area contributed by atoms with Gasteiger partial charge >= 0.3 is 0 Å². The summed E-state index contributed by atoms with van der Waals surface area (Å²) in [6, 6.07) is 16.7. The largest absolute Gasteiger partial charge is 0.309 e. The lowest BCUT2D eigenvalue weighted by atomic mass is 10.1. The minimum atomic E-state index is -3.34. The number of benzene rings is 2. The van der Waals surface area contributed by atoms with E-state index in [1.54, 1.807) is 22.5 Å². The fourth-order valence-electron chi connectivity index (χ4n) is 2.96. The molecule has 0 atom stereocenters. The molecule has 2 aromatic carbocycles. The molecular weight excluding hydrogens is 334 g/mol. The minimum absolute atomic E-state index is 0.361. The van der Waals surface area contributed by atoms with E-state index in [4.69, 9.17) is 5.26 Å². The van der Waals surface area contributed by atoms with E-state index in [-0.39, 0.29) is 0 Å². The number of nitrogens with one attached hydrogen (secondary N) is 1. The highest BCUT2D eigenvalue weighted by molar-refractivity contribution is 7.89. The van der Waals surface area contributed by atoms with Crippen LogP contribution in [0, 0.1) is 11.3 Å². The summed E-state index contributed by atoms with van der Waals surface area (Å²) in [6.45, 7) is 2.53. The Morgan fingerprint density at radius 2 is 1.68 bits per heavy atom. The van der Waals surface area contributed by atoms with E-state index in [9.17, 15) is 8.42 Å². The Balaban J connectivity index is 1.58. The van der Waals surface area contributed by atoms with E-state index < -0.39 is 10.0 Å². The highest BCUT2D eigenvalue weighted by atomic mass is 32.2. The van der Waals surface area contributed by atoms with Crippen molar-refractivity contribution >= 4 is 10.0 Å². The molecule has 1 fully saturated rings. The number of hydrogen-bond donors (Lipinski definition) is 1. The number of sulfonamides is 1. The first-order chi connectivity index (χ1) is 12.1.